The first-order chi connectivity index (χ1) is 9.09. The van der Waals surface area contributed by atoms with E-state index in [-0.39, 0.29) is 17.0 Å². The van der Waals surface area contributed by atoms with Crippen LogP contribution in [0, 0.1) is 5.92 Å². The van der Waals surface area contributed by atoms with Crippen molar-refractivity contribution in [2.45, 2.75) is 33.0 Å². The molecule has 1 aromatic rings. The van der Waals surface area contributed by atoms with Gasteiger partial charge in [-0.15, -0.1) is 0 Å². The SMILES string of the molecule is CCC(C)C(C)(O)O.O=C(O)c1cccc(C(=O)O)c1. The Balaban J connectivity index is 0.000000396. The van der Waals surface area contributed by atoms with Gasteiger partial charge < -0.3 is 20.4 Å². The fourth-order valence-electron chi connectivity index (χ4n) is 1.17. The van der Waals surface area contributed by atoms with Crippen molar-refractivity contribution in [1.29, 1.82) is 0 Å². The van der Waals surface area contributed by atoms with Gasteiger partial charge in [0, 0.05) is 5.92 Å². The van der Waals surface area contributed by atoms with Crippen LogP contribution in [-0.2, 0) is 0 Å². The number of carboxylic acids is 2. The molecule has 0 radical (unpaired) electrons. The van der Waals surface area contributed by atoms with E-state index in [1.807, 2.05) is 6.92 Å². The Hall–Kier alpha value is -1.92. The lowest BCUT2D eigenvalue weighted by molar-refractivity contribution is -0.181. The second kappa shape index (κ2) is 7.62. The lowest BCUT2D eigenvalue weighted by atomic mass is 10.0. The third-order valence-corrected chi connectivity index (χ3v) is 2.90. The van der Waals surface area contributed by atoms with Gasteiger partial charge in [-0.3, -0.25) is 0 Å². The van der Waals surface area contributed by atoms with Crippen molar-refractivity contribution in [3.05, 3.63) is 35.4 Å². The van der Waals surface area contributed by atoms with Gasteiger partial charge in [0.2, 0.25) is 0 Å². The summed E-state index contributed by atoms with van der Waals surface area (Å²) in [5.74, 6) is -3.78. The van der Waals surface area contributed by atoms with Crippen molar-refractivity contribution < 1.29 is 30.0 Å². The van der Waals surface area contributed by atoms with Crippen molar-refractivity contribution in [2.75, 3.05) is 0 Å². The molecular formula is C14H20O6. The summed E-state index contributed by atoms with van der Waals surface area (Å²) < 4.78 is 0. The second-order valence-corrected chi connectivity index (χ2v) is 4.59. The molecule has 0 aliphatic carbocycles. The van der Waals surface area contributed by atoms with E-state index in [0.717, 1.165) is 12.5 Å². The van der Waals surface area contributed by atoms with Gasteiger partial charge in [-0.05, 0) is 31.5 Å². The molecule has 1 rings (SSSR count). The van der Waals surface area contributed by atoms with Crippen molar-refractivity contribution >= 4 is 11.9 Å². The third kappa shape index (κ3) is 6.31. The highest BCUT2D eigenvalue weighted by atomic mass is 16.5. The summed E-state index contributed by atoms with van der Waals surface area (Å²) in [5.41, 5.74) is -0.0372. The van der Waals surface area contributed by atoms with Crippen LogP contribution in [0.3, 0.4) is 0 Å². The average Bonchev–Trinajstić information content (AvgIpc) is 2.37. The van der Waals surface area contributed by atoms with Crippen LogP contribution < -0.4 is 0 Å². The Labute approximate surface area is 117 Å². The zero-order valence-electron chi connectivity index (χ0n) is 11.7. The lowest BCUT2D eigenvalue weighted by Gasteiger charge is -2.22. The Kier molecular flexibility index (Phi) is 6.89. The number of hydrogen-bond acceptors (Lipinski definition) is 4. The second-order valence-electron chi connectivity index (χ2n) is 4.59. The number of aliphatic hydroxyl groups is 2. The van der Waals surface area contributed by atoms with E-state index < -0.39 is 17.7 Å². The van der Waals surface area contributed by atoms with Gasteiger partial charge in [0.1, 0.15) is 0 Å². The summed E-state index contributed by atoms with van der Waals surface area (Å²) >= 11 is 0. The van der Waals surface area contributed by atoms with E-state index >= 15 is 0 Å². The first-order valence-corrected chi connectivity index (χ1v) is 6.11. The van der Waals surface area contributed by atoms with Crippen LogP contribution >= 0.6 is 0 Å². The fourth-order valence-corrected chi connectivity index (χ4v) is 1.17. The van der Waals surface area contributed by atoms with Crippen LogP contribution in [0.25, 0.3) is 0 Å². The minimum Gasteiger partial charge on any atom is -0.478 e. The molecule has 0 bridgehead atoms. The highest BCUT2D eigenvalue weighted by Gasteiger charge is 2.22. The highest BCUT2D eigenvalue weighted by Crippen LogP contribution is 2.15. The molecule has 0 aromatic heterocycles. The molecule has 0 saturated heterocycles. The summed E-state index contributed by atoms with van der Waals surface area (Å²) in [6.45, 7) is 5.14. The van der Waals surface area contributed by atoms with Crippen LogP contribution in [0.1, 0.15) is 47.9 Å². The minimum absolute atomic E-state index is 0.0186. The lowest BCUT2D eigenvalue weighted by Crippen LogP contribution is -2.31. The van der Waals surface area contributed by atoms with E-state index in [4.69, 9.17) is 20.4 Å². The van der Waals surface area contributed by atoms with Gasteiger partial charge in [-0.25, -0.2) is 9.59 Å². The van der Waals surface area contributed by atoms with Crippen LogP contribution in [0.2, 0.25) is 0 Å². The topological polar surface area (TPSA) is 115 Å². The Bertz CT molecular complexity index is 432. The summed E-state index contributed by atoms with van der Waals surface area (Å²) in [5, 5.41) is 34.7. The van der Waals surface area contributed by atoms with Crippen LogP contribution in [0.4, 0.5) is 0 Å². The molecular weight excluding hydrogens is 264 g/mol. The monoisotopic (exact) mass is 284 g/mol. The summed E-state index contributed by atoms with van der Waals surface area (Å²) in [4.78, 5) is 20.8. The molecule has 1 atom stereocenters. The van der Waals surface area contributed by atoms with Crippen LogP contribution in [-0.4, -0.2) is 38.2 Å². The average molecular weight is 284 g/mol. The smallest absolute Gasteiger partial charge is 0.335 e. The van der Waals surface area contributed by atoms with Gasteiger partial charge in [-0.2, -0.15) is 0 Å². The first kappa shape index (κ1) is 18.1. The maximum absolute atomic E-state index is 10.4. The zero-order valence-corrected chi connectivity index (χ0v) is 11.7. The molecule has 0 aliphatic rings. The molecule has 6 nitrogen and oxygen atoms in total. The molecule has 0 heterocycles. The summed E-state index contributed by atoms with van der Waals surface area (Å²) in [6, 6.07) is 5.20. The molecule has 4 N–H and O–H groups in total. The largest absolute Gasteiger partial charge is 0.478 e. The number of carbonyl (C=O) groups is 2. The predicted molar refractivity (Wildman–Crippen MR) is 72.7 cm³/mol. The Morgan fingerprint density at radius 3 is 1.75 bits per heavy atom. The maximum Gasteiger partial charge on any atom is 0.335 e. The van der Waals surface area contributed by atoms with E-state index in [1.165, 1.54) is 25.1 Å². The highest BCUT2D eigenvalue weighted by molar-refractivity contribution is 5.93. The van der Waals surface area contributed by atoms with Gasteiger partial charge in [-0.1, -0.05) is 19.9 Å². The third-order valence-electron chi connectivity index (χ3n) is 2.90. The standard InChI is InChI=1S/C8H6O4.C6H14O2/c9-7(10)5-2-1-3-6(4-5)8(11)12;1-4-5(2)6(3,7)8/h1-4H,(H,9,10)(H,11,12);5,7-8H,4H2,1-3H3. The van der Waals surface area contributed by atoms with Gasteiger partial charge in [0.25, 0.3) is 0 Å². The molecule has 0 fully saturated rings. The van der Waals surface area contributed by atoms with E-state index in [1.54, 1.807) is 6.92 Å². The zero-order chi connectivity index (χ0) is 15.9. The van der Waals surface area contributed by atoms with Gasteiger partial charge >= 0.3 is 11.9 Å². The molecule has 0 saturated carbocycles. The van der Waals surface area contributed by atoms with Gasteiger partial charge in [0.15, 0.2) is 5.79 Å². The molecule has 0 amide bonds. The molecule has 0 aliphatic heterocycles. The molecule has 0 spiro atoms. The first-order valence-electron chi connectivity index (χ1n) is 6.11. The van der Waals surface area contributed by atoms with Crippen molar-refractivity contribution in [2.24, 2.45) is 5.92 Å². The van der Waals surface area contributed by atoms with Crippen molar-refractivity contribution in [3.8, 4) is 0 Å². The van der Waals surface area contributed by atoms with Gasteiger partial charge in [0.05, 0.1) is 11.1 Å². The molecule has 112 valence electrons. The molecule has 6 heteroatoms. The van der Waals surface area contributed by atoms with E-state index in [2.05, 4.69) is 0 Å². The van der Waals surface area contributed by atoms with Crippen molar-refractivity contribution in [3.63, 3.8) is 0 Å². The number of benzene rings is 1. The molecule has 1 aromatic carbocycles. The fraction of sp³-hybridized carbons (Fsp3) is 0.429. The number of carboxylic acid groups (broad SMARTS) is 2. The van der Waals surface area contributed by atoms with Crippen LogP contribution in [0.5, 0.6) is 0 Å². The molecule has 20 heavy (non-hydrogen) atoms. The summed E-state index contributed by atoms with van der Waals surface area (Å²) in [7, 11) is 0. The molecule has 1 unspecified atom stereocenters. The number of rotatable bonds is 4. The van der Waals surface area contributed by atoms with Crippen molar-refractivity contribution in [1.82, 2.24) is 0 Å². The van der Waals surface area contributed by atoms with E-state index in [9.17, 15) is 9.59 Å². The summed E-state index contributed by atoms with van der Waals surface area (Å²) in [6.07, 6.45) is 0.795. The van der Waals surface area contributed by atoms with Crippen LogP contribution in [0.15, 0.2) is 24.3 Å². The van der Waals surface area contributed by atoms with E-state index in [0.29, 0.717) is 0 Å². The number of hydrogen-bond donors (Lipinski definition) is 4. The Morgan fingerprint density at radius 1 is 1.15 bits per heavy atom. The maximum atomic E-state index is 10.4. The normalized spacial score (nSPS) is 12.1. The Morgan fingerprint density at radius 2 is 1.55 bits per heavy atom. The predicted octanol–water partition coefficient (Wildman–Crippen LogP) is 1.82. The number of aromatic carboxylic acids is 2. The quantitative estimate of drug-likeness (QED) is 0.627. The minimum atomic E-state index is -1.49.